The van der Waals surface area contributed by atoms with Crippen molar-refractivity contribution in [3.63, 3.8) is 0 Å². The zero-order valence-corrected chi connectivity index (χ0v) is 10.0. The summed E-state index contributed by atoms with van der Waals surface area (Å²) in [6, 6.07) is 0.308. The van der Waals surface area contributed by atoms with E-state index in [0.29, 0.717) is 6.04 Å². The lowest BCUT2D eigenvalue weighted by Gasteiger charge is -2.29. The Kier molecular flexibility index (Phi) is 3.93. The maximum absolute atomic E-state index is 11.6. The fraction of sp³-hybridized carbons (Fsp3) is 0.500. The second-order valence-electron chi connectivity index (χ2n) is 4.41. The predicted octanol–water partition coefficient (Wildman–Crippen LogP) is 0.633. The molecule has 5 heteroatoms. The molecule has 0 saturated carbocycles. The third-order valence-corrected chi connectivity index (χ3v) is 2.99. The van der Waals surface area contributed by atoms with E-state index in [4.69, 9.17) is 0 Å². The van der Waals surface area contributed by atoms with Crippen molar-refractivity contribution >= 4 is 12.0 Å². The summed E-state index contributed by atoms with van der Waals surface area (Å²) in [5.74, 6) is -0.0393. The molecule has 2 rings (SSSR count). The Hall–Kier alpha value is -1.62. The number of imidazole rings is 1. The van der Waals surface area contributed by atoms with Crippen LogP contribution in [0.2, 0.25) is 0 Å². The molecular formula is C12H18N4O. The Morgan fingerprint density at radius 1 is 1.59 bits per heavy atom. The lowest BCUT2D eigenvalue weighted by molar-refractivity contribution is -0.117. The fourth-order valence-corrected chi connectivity index (χ4v) is 1.93. The van der Waals surface area contributed by atoms with Gasteiger partial charge < -0.3 is 15.2 Å². The molecule has 0 atom stereocenters. The Labute approximate surface area is 101 Å². The van der Waals surface area contributed by atoms with E-state index in [1.807, 2.05) is 0 Å². The largest absolute Gasteiger partial charge is 0.351 e. The summed E-state index contributed by atoms with van der Waals surface area (Å²) in [5, 5.41) is 3.01. The molecule has 2 N–H and O–H groups in total. The van der Waals surface area contributed by atoms with Crippen LogP contribution in [0.25, 0.3) is 6.08 Å². The van der Waals surface area contributed by atoms with Crippen molar-refractivity contribution < 1.29 is 4.79 Å². The lowest BCUT2D eigenvalue weighted by atomic mass is 10.1. The first-order valence-corrected chi connectivity index (χ1v) is 5.90. The zero-order chi connectivity index (χ0) is 12.1. The van der Waals surface area contributed by atoms with Crippen molar-refractivity contribution in [2.45, 2.75) is 18.9 Å². The zero-order valence-electron chi connectivity index (χ0n) is 10.0. The molecule has 2 heterocycles. The van der Waals surface area contributed by atoms with Crippen molar-refractivity contribution in [1.82, 2.24) is 20.2 Å². The molecule has 1 saturated heterocycles. The Morgan fingerprint density at radius 3 is 3.00 bits per heavy atom. The summed E-state index contributed by atoms with van der Waals surface area (Å²) in [4.78, 5) is 20.8. The Morgan fingerprint density at radius 2 is 2.35 bits per heavy atom. The van der Waals surface area contributed by atoms with Crippen molar-refractivity contribution in [2.24, 2.45) is 0 Å². The third kappa shape index (κ3) is 3.71. The number of hydrogen-bond acceptors (Lipinski definition) is 3. The first-order chi connectivity index (χ1) is 8.24. The highest BCUT2D eigenvalue weighted by molar-refractivity contribution is 5.91. The normalized spacial score (nSPS) is 18.6. The van der Waals surface area contributed by atoms with Gasteiger partial charge in [0.15, 0.2) is 0 Å². The number of hydrogen-bond donors (Lipinski definition) is 2. The quantitative estimate of drug-likeness (QED) is 0.754. The van der Waals surface area contributed by atoms with Gasteiger partial charge in [-0.15, -0.1) is 0 Å². The molecule has 1 aliphatic heterocycles. The molecule has 1 aromatic heterocycles. The minimum absolute atomic E-state index is 0.0393. The average Bonchev–Trinajstić information content (AvgIpc) is 2.83. The number of piperidine rings is 1. The van der Waals surface area contributed by atoms with Crippen LogP contribution >= 0.6 is 0 Å². The van der Waals surface area contributed by atoms with Crippen LogP contribution in [0.3, 0.4) is 0 Å². The number of likely N-dealkylation sites (tertiary alicyclic amines) is 1. The van der Waals surface area contributed by atoms with Crippen LogP contribution in [0.5, 0.6) is 0 Å². The predicted molar refractivity (Wildman–Crippen MR) is 66.3 cm³/mol. The SMILES string of the molecule is CN1CCC(NC(=O)/C=C/c2c[nH]cn2)CC1. The van der Waals surface area contributed by atoms with Crippen LogP contribution in [0.4, 0.5) is 0 Å². The number of H-pyrrole nitrogens is 1. The topological polar surface area (TPSA) is 61.0 Å². The number of aromatic nitrogens is 2. The van der Waals surface area contributed by atoms with Gasteiger partial charge in [-0.1, -0.05) is 0 Å². The van der Waals surface area contributed by atoms with E-state index in [0.717, 1.165) is 31.6 Å². The third-order valence-electron chi connectivity index (χ3n) is 2.99. The summed E-state index contributed by atoms with van der Waals surface area (Å²) in [6.45, 7) is 2.10. The number of nitrogens with one attached hydrogen (secondary N) is 2. The maximum atomic E-state index is 11.6. The van der Waals surface area contributed by atoms with E-state index in [9.17, 15) is 4.79 Å². The summed E-state index contributed by atoms with van der Waals surface area (Å²) < 4.78 is 0. The molecule has 92 valence electrons. The molecule has 5 nitrogen and oxygen atoms in total. The molecule has 1 fully saturated rings. The van der Waals surface area contributed by atoms with Crippen LogP contribution < -0.4 is 5.32 Å². The second-order valence-corrected chi connectivity index (χ2v) is 4.41. The molecular weight excluding hydrogens is 216 g/mol. The van der Waals surface area contributed by atoms with Crippen LogP contribution in [0.1, 0.15) is 18.5 Å². The minimum atomic E-state index is -0.0393. The number of amides is 1. The second kappa shape index (κ2) is 5.63. The van der Waals surface area contributed by atoms with Crippen molar-refractivity contribution in [2.75, 3.05) is 20.1 Å². The van der Waals surface area contributed by atoms with Gasteiger partial charge in [-0.05, 0) is 39.1 Å². The van der Waals surface area contributed by atoms with Gasteiger partial charge in [-0.2, -0.15) is 0 Å². The van der Waals surface area contributed by atoms with Gasteiger partial charge in [0.05, 0.1) is 12.0 Å². The molecule has 17 heavy (non-hydrogen) atoms. The van der Waals surface area contributed by atoms with E-state index >= 15 is 0 Å². The monoisotopic (exact) mass is 234 g/mol. The van der Waals surface area contributed by atoms with Gasteiger partial charge in [-0.3, -0.25) is 4.79 Å². The molecule has 0 spiro atoms. The maximum Gasteiger partial charge on any atom is 0.244 e. The van der Waals surface area contributed by atoms with Crippen molar-refractivity contribution in [3.8, 4) is 0 Å². The number of carbonyl (C=O) groups is 1. The number of carbonyl (C=O) groups excluding carboxylic acids is 1. The minimum Gasteiger partial charge on any atom is -0.351 e. The molecule has 0 unspecified atom stereocenters. The molecule has 0 aliphatic carbocycles. The van der Waals surface area contributed by atoms with Crippen LogP contribution in [-0.4, -0.2) is 47.0 Å². The Bertz CT molecular complexity index is 377. The van der Waals surface area contributed by atoms with E-state index in [-0.39, 0.29) is 5.91 Å². The molecule has 1 aromatic rings. The van der Waals surface area contributed by atoms with Gasteiger partial charge in [-0.25, -0.2) is 4.98 Å². The van der Waals surface area contributed by atoms with E-state index in [2.05, 4.69) is 27.2 Å². The molecule has 0 aromatic carbocycles. The summed E-state index contributed by atoms with van der Waals surface area (Å²) in [6.07, 6.45) is 8.64. The van der Waals surface area contributed by atoms with E-state index < -0.39 is 0 Å². The van der Waals surface area contributed by atoms with Crippen molar-refractivity contribution in [3.05, 3.63) is 24.3 Å². The van der Waals surface area contributed by atoms with Crippen molar-refractivity contribution in [1.29, 1.82) is 0 Å². The van der Waals surface area contributed by atoms with Crippen LogP contribution in [0, 0.1) is 0 Å². The summed E-state index contributed by atoms with van der Waals surface area (Å²) in [5.41, 5.74) is 0.767. The Balaban J connectivity index is 1.77. The summed E-state index contributed by atoms with van der Waals surface area (Å²) in [7, 11) is 2.11. The summed E-state index contributed by atoms with van der Waals surface area (Å²) >= 11 is 0. The highest BCUT2D eigenvalue weighted by Gasteiger charge is 2.17. The van der Waals surface area contributed by atoms with Gasteiger partial charge in [0, 0.05) is 18.3 Å². The van der Waals surface area contributed by atoms with E-state index in [1.165, 1.54) is 6.08 Å². The fourth-order valence-electron chi connectivity index (χ4n) is 1.93. The smallest absolute Gasteiger partial charge is 0.244 e. The van der Waals surface area contributed by atoms with Gasteiger partial charge in [0.1, 0.15) is 0 Å². The lowest BCUT2D eigenvalue weighted by Crippen LogP contribution is -2.42. The standard InChI is InChI=1S/C12H18N4O/c1-16-6-4-10(5-7-16)15-12(17)3-2-11-8-13-9-14-11/h2-3,8-10H,4-7H2,1H3,(H,13,14)(H,15,17)/b3-2+. The molecule has 1 aliphatic rings. The molecule has 0 bridgehead atoms. The van der Waals surface area contributed by atoms with Gasteiger partial charge >= 0.3 is 0 Å². The van der Waals surface area contributed by atoms with Crippen LogP contribution in [0.15, 0.2) is 18.6 Å². The van der Waals surface area contributed by atoms with Crippen LogP contribution in [-0.2, 0) is 4.79 Å². The highest BCUT2D eigenvalue weighted by atomic mass is 16.1. The first-order valence-electron chi connectivity index (χ1n) is 5.90. The molecule has 0 radical (unpaired) electrons. The highest BCUT2D eigenvalue weighted by Crippen LogP contribution is 2.08. The van der Waals surface area contributed by atoms with E-state index in [1.54, 1.807) is 18.6 Å². The number of aromatic amines is 1. The number of nitrogens with zero attached hydrogens (tertiary/aromatic N) is 2. The average molecular weight is 234 g/mol. The number of rotatable bonds is 3. The first kappa shape index (κ1) is 11.9. The molecule has 1 amide bonds. The van der Waals surface area contributed by atoms with Gasteiger partial charge in [0.2, 0.25) is 5.91 Å². The van der Waals surface area contributed by atoms with Gasteiger partial charge in [0.25, 0.3) is 0 Å².